The van der Waals surface area contributed by atoms with Crippen molar-refractivity contribution in [2.24, 2.45) is 0 Å². The number of H-pyrrole nitrogens is 1. The molecule has 0 unspecified atom stereocenters. The van der Waals surface area contributed by atoms with Crippen molar-refractivity contribution in [1.82, 2.24) is 4.98 Å². The van der Waals surface area contributed by atoms with Gasteiger partial charge in [0.1, 0.15) is 5.75 Å². The number of hydrogen-bond donors (Lipinski definition) is 1. The van der Waals surface area contributed by atoms with Gasteiger partial charge in [-0.2, -0.15) is 0 Å². The average Bonchev–Trinajstić information content (AvgIpc) is 2.91. The highest BCUT2D eigenvalue weighted by Gasteiger charge is 2.32. The lowest BCUT2D eigenvalue weighted by molar-refractivity contribution is -0.384. The van der Waals surface area contributed by atoms with Crippen molar-refractivity contribution < 1.29 is 32.4 Å². The van der Waals surface area contributed by atoms with Crippen molar-refractivity contribution >= 4 is 11.7 Å². The maximum Gasteiger partial charge on any atom is 0.573 e. The third-order valence-corrected chi connectivity index (χ3v) is 2.91. The molecule has 0 amide bonds. The molecule has 0 saturated heterocycles. The minimum atomic E-state index is -4.83. The number of benzene rings is 1. The van der Waals surface area contributed by atoms with Crippen molar-refractivity contribution in [2.75, 3.05) is 6.61 Å². The molecule has 0 fully saturated rings. The van der Waals surface area contributed by atoms with Gasteiger partial charge in [-0.1, -0.05) is 12.1 Å². The first-order chi connectivity index (χ1) is 11.2. The number of halogens is 3. The Labute approximate surface area is 133 Å². The quantitative estimate of drug-likeness (QED) is 0.507. The second kappa shape index (κ2) is 6.60. The van der Waals surface area contributed by atoms with Crippen LogP contribution in [0.5, 0.6) is 5.75 Å². The number of carbonyl (C=O) groups is 1. The summed E-state index contributed by atoms with van der Waals surface area (Å²) in [6.07, 6.45) is -3.62. The molecule has 2 rings (SSSR count). The molecular weight excluding hydrogens is 333 g/mol. The number of rotatable bonds is 5. The number of hydrogen-bond acceptors (Lipinski definition) is 5. The highest BCUT2D eigenvalue weighted by molar-refractivity contribution is 5.96. The summed E-state index contributed by atoms with van der Waals surface area (Å²) < 4.78 is 44.8. The van der Waals surface area contributed by atoms with Gasteiger partial charge in [-0.3, -0.25) is 10.1 Å². The molecule has 0 aliphatic rings. The minimum Gasteiger partial charge on any atom is -0.461 e. The fourth-order valence-corrected chi connectivity index (χ4v) is 2.02. The third-order valence-electron chi connectivity index (χ3n) is 2.91. The Morgan fingerprint density at radius 1 is 1.29 bits per heavy atom. The highest BCUT2D eigenvalue weighted by Crippen LogP contribution is 2.34. The van der Waals surface area contributed by atoms with Crippen molar-refractivity contribution in [3.63, 3.8) is 0 Å². The zero-order valence-corrected chi connectivity index (χ0v) is 12.2. The topological polar surface area (TPSA) is 94.5 Å². The zero-order valence-electron chi connectivity index (χ0n) is 12.2. The van der Waals surface area contributed by atoms with Crippen LogP contribution in [0.4, 0.5) is 18.9 Å². The average molecular weight is 344 g/mol. The molecule has 1 heterocycles. The maximum absolute atomic E-state index is 12.1. The Balaban J connectivity index is 2.38. The summed E-state index contributed by atoms with van der Waals surface area (Å²) in [6, 6.07) is 4.46. The van der Waals surface area contributed by atoms with Gasteiger partial charge < -0.3 is 14.5 Å². The molecule has 7 nitrogen and oxygen atoms in total. The molecule has 0 atom stereocenters. The number of nitro groups is 1. The van der Waals surface area contributed by atoms with Gasteiger partial charge in [0.2, 0.25) is 5.69 Å². The summed E-state index contributed by atoms with van der Waals surface area (Å²) in [5, 5.41) is 11.2. The summed E-state index contributed by atoms with van der Waals surface area (Å²) in [4.78, 5) is 24.7. The van der Waals surface area contributed by atoms with Crippen molar-refractivity contribution in [3.05, 3.63) is 46.3 Å². The Morgan fingerprint density at radius 3 is 2.42 bits per heavy atom. The standard InChI is InChI=1S/C14H11F3N2O5/c1-2-23-13(20)11-12(19(21)22)10(7-18-11)8-3-5-9(6-4-8)24-14(15,16)17/h3-7,18H,2H2,1H3. The Morgan fingerprint density at radius 2 is 1.92 bits per heavy atom. The van der Waals surface area contributed by atoms with Gasteiger partial charge in [0.05, 0.1) is 17.1 Å². The fourth-order valence-electron chi connectivity index (χ4n) is 2.02. The molecule has 0 aliphatic carbocycles. The van der Waals surface area contributed by atoms with E-state index in [0.29, 0.717) is 0 Å². The summed E-state index contributed by atoms with van der Waals surface area (Å²) in [6.45, 7) is 1.58. The lowest BCUT2D eigenvalue weighted by Gasteiger charge is -2.08. The molecule has 1 N–H and O–H groups in total. The minimum absolute atomic E-state index is 0.0355. The van der Waals surface area contributed by atoms with Crippen LogP contribution in [0.3, 0.4) is 0 Å². The summed E-state index contributed by atoms with van der Waals surface area (Å²) in [5.41, 5.74) is -0.574. The first kappa shape index (κ1) is 17.3. The van der Waals surface area contributed by atoms with Gasteiger partial charge in [-0.05, 0) is 24.6 Å². The predicted octanol–water partition coefficient (Wildman–Crippen LogP) is 3.67. The second-order valence-electron chi connectivity index (χ2n) is 4.48. The van der Waals surface area contributed by atoms with E-state index in [1.54, 1.807) is 6.92 Å². The van der Waals surface area contributed by atoms with Gasteiger partial charge in [-0.25, -0.2) is 4.79 Å². The number of ether oxygens (including phenoxy) is 2. The van der Waals surface area contributed by atoms with E-state index < -0.39 is 28.7 Å². The number of esters is 1. The number of nitrogens with zero attached hydrogens (tertiary/aromatic N) is 1. The first-order valence-corrected chi connectivity index (χ1v) is 6.62. The lowest BCUT2D eigenvalue weighted by atomic mass is 10.1. The molecule has 1 aromatic carbocycles. The maximum atomic E-state index is 12.1. The molecule has 0 radical (unpaired) electrons. The van der Waals surface area contributed by atoms with Gasteiger partial charge >= 0.3 is 18.0 Å². The number of alkyl halides is 3. The van der Waals surface area contributed by atoms with Gasteiger partial charge in [-0.15, -0.1) is 13.2 Å². The number of nitrogens with one attached hydrogen (secondary N) is 1. The van der Waals surface area contributed by atoms with Crippen LogP contribution >= 0.6 is 0 Å². The summed E-state index contributed by atoms with van der Waals surface area (Å²) in [7, 11) is 0. The van der Waals surface area contributed by atoms with Crippen molar-refractivity contribution in [3.8, 4) is 16.9 Å². The Kier molecular flexibility index (Phi) is 4.77. The van der Waals surface area contributed by atoms with E-state index in [0.717, 1.165) is 12.1 Å². The van der Waals surface area contributed by atoms with Crippen LogP contribution in [0, 0.1) is 10.1 Å². The molecule has 2 aromatic rings. The van der Waals surface area contributed by atoms with Crippen LogP contribution in [-0.2, 0) is 4.74 Å². The van der Waals surface area contributed by atoms with Gasteiger partial charge in [0.15, 0.2) is 0 Å². The first-order valence-electron chi connectivity index (χ1n) is 6.62. The normalized spacial score (nSPS) is 11.2. The van der Waals surface area contributed by atoms with Crippen LogP contribution in [-0.4, -0.2) is 28.8 Å². The second-order valence-corrected chi connectivity index (χ2v) is 4.48. The molecule has 0 aliphatic heterocycles. The number of aromatic amines is 1. The summed E-state index contributed by atoms with van der Waals surface area (Å²) >= 11 is 0. The molecule has 24 heavy (non-hydrogen) atoms. The van der Waals surface area contributed by atoms with Crippen molar-refractivity contribution in [1.29, 1.82) is 0 Å². The molecule has 0 spiro atoms. The largest absolute Gasteiger partial charge is 0.573 e. The van der Waals surface area contributed by atoms with Crippen LogP contribution in [0.1, 0.15) is 17.4 Å². The fraction of sp³-hybridized carbons (Fsp3) is 0.214. The van der Waals surface area contributed by atoms with E-state index in [-0.39, 0.29) is 23.4 Å². The number of carbonyl (C=O) groups excluding carboxylic acids is 1. The predicted molar refractivity (Wildman–Crippen MR) is 75.5 cm³/mol. The van der Waals surface area contributed by atoms with E-state index in [4.69, 9.17) is 4.74 Å². The Hall–Kier alpha value is -3.04. The van der Waals surface area contributed by atoms with Crippen LogP contribution in [0.25, 0.3) is 11.1 Å². The molecule has 128 valence electrons. The SMILES string of the molecule is CCOC(=O)c1[nH]cc(-c2ccc(OC(F)(F)F)cc2)c1[N+](=O)[O-]. The summed E-state index contributed by atoms with van der Waals surface area (Å²) in [5.74, 6) is -1.36. The van der Waals surface area contributed by atoms with Crippen LogP contribution in [0.2, 0.25) is 0 Å². The van der Waals surface area contributed by atoms with E-state index >= 15 is 0 Å². The molecule has 10 heteroatoms. The monoisotopic (exact) mass is 344 g/mol. The zero-order chi connectivity index (χ0) is 17.9. The smallest absolute Gasteiger partial charge is 0.461 e. The molecular formula is C14H11F3N2O5. The van der Waals surface area contributed by atoms with Gasteiger partial charge in [0, 0.05) is 6.20 Å². The molecule has 0 saturated carbocycles. The third kappa shape index (κ3) is 3.83. The highest BCUT2D eigenvalue weighted by atomic mass is 19.4. The van der Waals surface area contributed by atoms with Gasteiger partial charge in [0.25, 0.3) is 0 Å². The Bertz CT molecular complexity index is 753. The van der Waals surface area contributed by atoms with E-state index in [1.165, 1.54) is 18.3 Å². The van der Waals surface area contributed by atoms with Crippen LogP contribution in [0.15, 0.2) is 30.5 Å². The van der Waals surface area contributed by atoms with E-state index in [2.05, 4.69) is 9.72 Å². The molecule has 1 aromatic heterocycles. The molecule has 0 bridgehead atoms. The van der Waals surface area contributed by atoms with E-state index in [1.807, 2.05) is 0 Å². The number of aromatic nitrogens is 1. The van der Waals surface area contributed by atoms with Crippen LogP contribution < -0.4 is 4.74 Å². The van der Waals surface area contributed by atoms with E-state index in [9.17, 15) is 28.1 Å². The lowest BCUT2D eigenvalue weighted by Crippen LogP contribution is -2.16. The van der Waals surface area contributed by atoms with Crippen molar-refractivity contribution in [2.45, 2.75) is 13.3 Å².